The van der Waals surface area contributed by atoms with Gasteiger partial charge in [0.2, 0.25) is 5.91 Å². The van der Waals surface area contributed by atoms with E-state index in [1.165, 1.54) is 6.92 Å². The van der Waals surface area contributed by atoms with Gasteiger partial charge >= 0.3 is 0 Å². The van der Waals surface area contributed by atoms with Crippen LogP contribution in [0.4, 0.5) is 0 Å². The van der Waals surface area contributed by atoms with Gasteiger partial charge in [-0.2, -0.15) is 0 Å². The monoisotopic (exact) mass is 295 g/mol. The number of rotatable bonds is 6. The van der Waals surface area contributed by atoms with Crippen molar-refractivity contribution in [3.8, 4) is 0 Å². The first kappa shape index (κ1) is 15.9. The van der Waals surface area contributed by atoms with E-state index in [1.807, 2.05) is 12.1 Å². The first-order chi connectivity index (χ1) is 10.1. The molecule has 2 atom stereocenters. The molecule has 1 aliphatic heterocycles. The zero-order chi connectivity index (χ0) is 15.2. The van der Waals surface area contributed by atoms with Gasteiger partial charge in [-0.1, -0.05) is 24.3 Å². The minimum atomic E-state index is -1.05. The zero-order valence-electron chi connectivity index (χ0n) is 12.0. The lowest BCUT2D eigenvalue weighted by Gasteiger charge is -2.22. The molecule has 1 aliphatic rings. The van der Waals surface area contributed by atoms with E-state index >= 15 is 0 Å². The molecule has 0 radical (unpaired) electrons. The highest BCUT2D eigenvalue weighted by Crippen LogP contribution is 2.31. The van der Waals surface area contributed by atoms with E-state index in [4.69, 9.17) is 9.47 Å². The highest BCUT2D eigenvalue weighted by molar-refractivity contribution is 5.72. The molecule has 6 nitrogen and oxygen atoms in total. The van der Waals surface area contributed by atoms with Crippen LogP contribution in [0.1, 0.15) is 36.9 Å². The Bertz CT molecular complexity index is 473. The summed E-state index contributed by atoms with van der Waals surface area (Å²) in [6, 6.07) is 7.18. The molecule has 21 heavy (non-hydrogen) atoms. The van der Waals surface area contributed by atoms with Crippen molar-refractivity contribution in [1.29, 1.82) is 0 Å². The summed E-state index contributed by atoms with van der Waals surface area (Å²) < 4.78 is 10.9. The number of nitrogens with one attached hydrogen (secondary N) is 1. The molecule has 0 saturated carbocycles. The maximum absolute atomic E-state index is 10.8. The summed E-state index contributed by atoms with van der Waals surface area (Å²) >= 11 is 0. The third kappa shape index (κ3) is 4.25. The minimum Gasteiger partial charge on any atom is -0.390 e. The SMILES string of the molecule is CC(=O)NCCC(O)C(O)c1ccccc1C1OCCO1. The summed E-state index contributed by atoms with van der Waals surface area (Å²) in [5.41, 5.74) is 1.31. The number of hydrogen-bond donors (Lipinski definition) is 3. The van der Waals surface area contributed by atoms with Crippen LogP contribution in [0, 0.1) is 0 Å². The van der Waals surface area contributed by atoms with Crippen LogP contribution >= 0.6 is 0 Å². The van der Waals surface area contributed by atoms with E-state index in [2.05, 4.69) is 5.32 Å². The fourth-order valence-corrected chi connectivity index (χ4v) is 2.29. The quantitative estimate of drug-likeness (QED) is 0.717. The summed E-state index contributed by atoms with van der Waals surface area (Å²) in [4.78, 5) is 10.8. The normalized spacial score (nSPS) is 18.4. The molecule has 6 heteroatoms. The lowest BCUT2D eigenvalue weighted by molar-refractivity contribution is -0.119. The molecule has 116 valence electrons. The number of benzene rings is 1. The third-order valence-electron chi connectivity index (χ3n) is 3.37. The molecule has 2 rings (SSSR count). The molecule has 3 N–H and O–H groups in total. The second-order valence-electron chi connectivity index (χ2n) is 4.99. The van der Waals surface area contributed by atoms with Gasteiger partial charge in [0.1, 0.15) is 6.10 Å². The van der Waals surface area contributed by atoms with Crippen molar-refractivity contribution in [3.05, 3.63) is 35.4 Å². The molecule has 0 aromatic heterocycles. The molecule has 0 bridgehead atoms. The predicted octanol–water partition coefficient (Wildman–Crippen LogP) is 0.652. The molecule has 1 fully saturated rings. The largest absolute Gasteiger partial charge is 0.390 e. The lowest BCUT2D eigenvalue weighted by atomic mass is 9.96. The standard InChI is InChI=1S/C15H21NO5/c1-10(17)16-7-6-13(18)14(19)11-4-2-3-5-12(11)15-20-8-9-21-15/h2-5,13-15,18-19H,6-9H2,1H3,(H,16,17). The van der Waals surface area contributed by atoms with E-state index in [0.29, 0.717) is 25.3 Å². The number of ether oxygens (including phenoxy) is 2. The van der Waals surface area contributed by atoms with Crippen LogP contribution in [-0.2, 0) is 14.3 Å². The Morgan fingerprint density at radius 2 is 2.00 bits per heavy atom. The van der Waals surface area contributed by atoms with Gasteiger partial charge in [0.25, 0.3) is 0 Å². The van der Waals surface area contributed by atoms with Gasteiger partial charge in [0.15, 0.2) is 6.29 Å². The summed E-state index contributed by atoms with van der Waals surface area (Å²) in [5.74, 6) is -0.162. The fourth-order valence-electron chi connectivity index (χ4n) is 2.29. The molecular weight excluding hydrogens is 274 g/mol. The van der Waals surface area contributed by atoms with Crippen molar-refractivity contribution in [1.82, 2.24) is 5.32 Å². The molecule has 1 amide bonds. The average Bonchev–Trinajstić information content (AvgIpc) is 3.00. The van der Waals surface area contributed by atoms with Crippen LogP contribution in [0.15, 0.2) is 24.3 Å². The smallest absolute Gasteiger partial charge is 0.216 e. The summed E-state index contributed by atoms with van der Waals surface area (Å²) in [6.45, 7) is 2.75. The van der Waals surface area contributed by atoms with Gasteiger partial charge in [-0.05, 0) is 12.0 Å². The van der Waals surface area contributed by atoms with Crippen molar-refractivity contribution in [2.45, 2.75) is 31.8 Å². The predicted molar refractivity (Wildman–Crippen MR) is 75.4 cm³/mol. The molecule has 1 heterocycles. The Hall–Kier alpha value is -1.47. The number of aliphatic hydroxyl groups excluding tert-OH is 2. The van der Waals surface area contributed by atoms with Crippen molar-refractivity contribution in [2.75, 3.05) is 19.8 Å². The van der Waals surface area contributed by atoms with E-state index in [1.54, 1.807) is 12.1 Å². The molecular formula is C15H21NO5. The van der Waals surface area contributed by atoms with Crippen molar-refractivity contribution >= 4 is 5.91 Å². The highest BCUT2D eigenvalue weighted by Gasteiger charge is 2.27. The Labute approximate surface area is 123 Å². The van der Waals surface area contributed by atoms with Gasteiger partial charge < -0.3 is 25.0 Å². The molecule has 1 aromatic carbocycles. The molecule has 2 unspecified atom stereocenters. The number of amides is 1. The topological polar surface area (TPSA) is 88.0 Å². The average molecular weight is 295 g/mol. The zero-order valence-corrected chi connectivity index (χ0v) is 12.0. The molecule has 0 aliphatic carbocycles. The van der Waals surface area contributed by atoms with Crippen LogP contribution in [0.5, 0.6) is 0 Å². The number of hydrogen-bond acceptors (Lipinski definition) is 5. The fraction of sp³-hybridized carbons (Fsp3) is 0.533. The van der Waals surface area contributed by atoms with Crippen molar-refractivity contribution in [3.63, 3.8) is 0 Å². The van der Waals surface area contributed by atoms with Gasteiger partial charge in [0, 0.05) is 19.0 Å². The molecule has 0 spiro atoms. The maximum atomic E-state index is 10.8. The van der Waals surface area contributed by atoms with Crippen LogP contribution in [0.3, 0.4) is 0 Å². The second kappa shape index (κ2) is 7.51. The first-order valence-electron chi connectivity index (χ1n) is 7.02. The number of carbonyl (C=O) groups is 1. The Morgan fingerprint density at radius 3 is 2.67 bits per heavy atom. The van der Waals surface area contributed by atoms with E-state index < -0.39 is 18.5 Å². The Morgan fingerprint density at radius 1 is 1.33 bits per heavy atom. The molecule has 1 saturated heterocycles. The summed E-state index contributed by atoms with van der Waals surface area (Å²) in [7, 11) is 0. The maximum Gasteiger partial charge on any atom is 0.216 e. The second-order valence-corrected chi connectivity index (χ2v) is 4.99. The Kier molecular flexibility index (Phi) is 5.69. The first-order valence-corrected chi connectivity index (χ1v) is 7.02. The van der Waals surface area contributed by atoms with Crippen molar-refractivity contribution in [2.24, 2.45) is 0 Å². The third-order valence-corrected chi connectivity index (χ3v) is 3.37. The van der Waals surface area contributed by atoms with Gasteiger partial charge in [-0.15, -0.1) is 0 Å². The molecule has 1 aromatic rings. The van der Waals surface area contributed by atoms with E-state index in [0.717, 1.165) is 5.56 Å². The lowest BCUT2D eigenvalue weighted by Crippen LogP contribution is -2.28. The summed E-state index contributed by atoms with van der Waals surface area (Å²) in [6.07, 6.45) is -2.26. The van der Waals surface area contributed by atoms with Gasteiger partial charge in [0.05, 0.1) is 19.3 Å². The van der Waals surface area contributed by atoms with E-state index in [-0.39, 0.29) is 12.3 Å². The van der Waals surface area contributed by atoms with Gasteiger partial charge in [-0.25, -0.2) is 0 Å². The minimum absolute atomic E-state index is 0.162. The number of carbonyl (C=O) groups excluding carboxylic acids is 1. The Balaban J connectivity index is 2.04. The summed E-state index contributed by atoms with van der Waals surface area (Å²) in [5, 5.41) is 23.0. The highest BCUT2D eigenvalue weighted by atomic mass is 16.7. The number of aliphatic hydroxyl groups is 2. The van der Waals surface area contributed by atoms with E-state index in [9.17, 15) is 15.0 Å². The van der Waals surface area contributed by atoms with Crippen LogP contribution < -0.4 is 5.32 Å². The van der Waals surface area contributed by atoms with Crippen molar-refractivity contribution < 1.29 is 24.5 Å². The van der Waals surface area contributed by atoms with Crippen LogP contribution in [0.2, 0.25) is 0 Å². The van der Waals surface area contributed by atoms with Crippen LogP contribution in [0.25, 0.3) is 0 Å². The van der Waals surface area contributed by atoms with Crippen LogP contribution in [-0.4, -0.2) is 42.0 Å². The van der Waals surface area contributed by atoms with Gasteiger partial charge in [-0.3, -0.25) is 4.79 Å².